The normalized spacial score (nSPS) is 15.8. The molecule has 4 heteroatoms. The maximum Gasteiger partial charge on any atom is 0.0511 e. The molecule has 0 aliphatic carbocycles. The van der Waals surface area contributed by atoms with E-state index in [0.29, 0.717) is 6.04 Å². The number of nitrogens with one attached hydrogen (secondary N) is 1. The molecule has 0 spiro atoms. The molecule has 0 saturated carbocycles. The van der Waals surface area contributed by atoms with E-state index in [-0.39, 0.29) is 0 Å². The van der Waals surface area contributed by atoms with E-state index < -0.39 is 0 Å². The van der Waals surface area contributed by atoms with Crippen LogP contribution in [-0.2, 0) is 13.1 Å². The predicted molar refractivity (Wildman–Crippen MR) is 110 cm³/mol. The summed E-state index contributed by atoms with van der Waals surface area (Å²) in [6.07, 6.45) is 0. The molecule has 2 aromatic carbocycles. The molecule has 1 N–H and O–H groups in total. The number of halogens is 1. The van der Waals surface area contributed by atoms with Gasteiger partial charge in [0.05, 0.1) is 5.69 Å². The van der Waals surface area contributed by atoms with Gasteiger partial charge in [0, 0.05) is 49.8 Å². The van der Waals surface area contributed by atoms with Crippen molar-refractivity contribution in [3.63, 3.8) is 0 Å². The molecule has 0 amide bonds. The van der Waals surface area contributed by atoms with Crippen LogP contribution in [0.25, 0.3) is 0 Å². The summed E-state index contributed by atoms with van der Waals surface area (Å²) in [5.41, 5.74) is 4.04. The van der Waals surface area contributed by atoms with Crippen molar-refractivity contribution in [3.8, 4) is 0 Å². The summed E-state index contributed by atoms with van der Waals surface area (Å²) in [6.45, 7) is 10.7. The first-order chi connectivity index (χ1) is 12.1. The van der Waals surface area contributed by atoms with Crippen LogP contribution in [0, 0.1) is 0 Å². The van der Waals surface area contributed by atoms with Crippen LogP contribution in [0.5, 0.6) is 0 Å². The lowest BCUT2D eigenvalue weighted by Gasteiger charge is -2.36. The first-order valence-electron chi connectivity index (χ1n) is 9.15. The molecule has 0 aromatic heterocycles. The lowest BCUT2D eigenvalue weighted by Crippen LogP contribution is -2.46. The van der Waals surface area contributed by atoms with Crippen molar-refractivity contribution in [1.29, 1.82) is 0 Å². The van der Waals surface area contributed by atoms with Gasteiger partial charge in [0.1, 0.15) is 0 Å². The molecule has 25 heavy (non-hydrogen) atoms. The number of anilines is 1. The average Bonchev–Trinajstić information content (AvgIpc) is 2.62. The standard InChI is InChI=1S/C21H28BrN3/c1-17(2)23-15-19-8-9-21(20(22)14-19)25-12-10-24(11-13-25)16-18-6-4-3-5-7-18/h3-9,14,17,23H,10-13,15-16H2,1-2H3. The fourth-order valence-corrected chi connectivity index (χ4v) is 3.90. The Bertz CT molecular complexity index is 664. The van der Waals surface area contributed by atoms with Crippen molar-refractivity contribution >= 4 is 21.6 Å². The summed E-state index contributed by atoms with van der Waals surface area (Å²) >= 11 is 3.78. The fraction of sp³-hybridized carbons (Fsp3) is 0.429. The molecule has 0 unspecified atom stereocenters. The lowest BCUT2D eigenvalue weighted by atomic mass is 10.1. The zero-order chi connectivity index (χ0) is 17.6. The van der Waals surface area contributed by atoms with E-state index in [1.165, 1.54) is 21.3 Å². The maximum atomic E-state index is 3.78. The van der Waals surface area contributed by atoms with Crippen molar-refractivity contribution in [2.24, 2.45) is 0 Å². The molecule has 3 rings (SSSR count). The summed E-state index contributed by atoms with van der Waals surface area (Å²) < 4.78 is 1.20. The highest BCUT2D eigenvalue weighted by Crippen LogP contribution is 2.28. The van der Waals surface area contributed by atoms with Crippen LogP contribution in [0.1, 0.15) is 25.0 Å². The van der Waals surface area contributed by atoms with Crippen LogP contribution in [0.4, 0.5) is 5.69 Å². The monoisotopic (exact) mass is 401 g/mol. The Morgan fingerprint density at radius 2 is 1.68 bits per heavy atom. The van der Waals surface area contributed by atoms with Gasteiger partial charge in [-0.25, -0.2) is 0 Å². The summed E-state index contributed by atoms with van der Waals surface area (Å²) in [7, 11) is 0. The van der Waals surface area contributed by atoms with Gasteiger partial charge in [0.25, 0.3) is 0 Å². The van der Waals surface area contributed by atoms with Gasteiger partial charge in [-0.3, -0.25) is 4.90 Å². The van der Waals surface area contributed by atoms with Crippen LogP contribution in [0.15, 0.2) is 53.0 Å². The van der Waals surface area contributed by atoms with Crippen molar-refractivity contribution in [3.05, 3.63) is 64.1 Å². The van der Waals surface area contributed by atoms with Crippen LogP contribution in [0.3, 0.4) is 0 Å². The van der Waals surface area contributed by atoms with Gasteiger partial charge in [-0.05, 0) is 39.2 Å². The summed E-state index contributed by atoms with van der Waals surface area (Å²) in [5, 5.41) is 3.48. The number of hydrogen-bond donors (Lipinski definition) is 1. The molecule has 0 bridgehead atoms. The Hall–Kier alpha value is -1.36. The van der Waals surface area contributed by atoms with Gasteiger partial charge < -0.3 is 10.2 Å². The Morgan fingerprint density at radius 1 is 0.960 bits per heavy atom. The van der Waals surface area contributed by atoms with Gasteiger partial charge in [-0.2, -0.15) is 0 Å². The van der Waals surface area contributed by atoms with Gasteiger partial charge in [0.2, 0.25) is 0 Å². The summed E-state index contributed by atoms with van der Waals surface area (Å²) in [4.78, 5) is 5.03. The minimum absolute atomic E-state index is 0.510. The third-order valence-electron chi connectivity index (χ3n) is 4.69. The molecule has 3 nitrogen and oxygen atoms in total. The second kappa shape index (κ2) is 8.84. The second-order valence-electron chi connectivity index (χ2n) is 7.07. The molecule has 1 aliphatic heterocycles. The average molecular weight is 402 g/mol. The van der Waals surface area contributed by atoms with Crippen molar-refractivity contribution in [2.45, 2.75) is 33.0 Å². The number of nitrogens with zero attached hydrogens (tertiary/aromatic N) is 2. The number of piperazine rings is 1. The second-order valence-corrected chi connectivity index (χ2v) is 7.92. The van der Waals surface area contributed by atoms with E-state index in [0.717, 1.165) is 39.3 Å². The van der Waals surface area contributed by atoms with Gasteiger partial charge in [0.15, 0.2) is 0 Å². The zero-order valence-electron chi connectivity index (χ0n) is 15.2. The predicted octanol–water partition coefficient (Wildman–Crippen LogP) is 4.27. The highest BCUT2D eigenvalue weighted by Gasteiger charge is 2.19. The first-order valence-corrected chi connectivity index (χ1v) is 9.94. The van der Waals surface area contributed by atoms with Crippen LogP contribution in [0.2, 0.25) is 0 Å². The third kappa shape index (κ3) is 5.30. The molecule has 2 aromatic rings. The van der Waals surface area contributed by atoms with Crippen LogP contribution < -0.4 is 10.2 Å². The van der Waals surface area contributed by atoms with Crippen LogP contribution in [-0.4, -0.2) is 37.1 Å². The number of rotatable bonds is 6. The topological polar surface area (TPSA) is 18.5 Å². The third-order valence-corrected chi connectivity index (χ3v) is 5.32. The molecular formula is C21H28BrN3. The largest absolute Gasteiger partial charge is 0.368 e. The quantitative estimate of drug-likeness (QED) is 0.779. The highest BCUT2D eigenvalue weighted by molar-refractivity contribution is 9.10. The van der Waals surface area contributed by atoms with Crippen molar-refractivity contribution in [1.82, 2.24) is 10.2 Å². The SMILES string of the molecule is CC(C)NCc1ccc(N2CCN(Cc3ccccc3)CC2)c(Br)c1. The van der Waals surface area contributed by atoms with Crippen LogP contribution >= 0.6 is 15.9 Å². The smallest absolute Gasteiger partial charge is 0.0511 e. The van der Waals surface area contributed by atoms with E-state index in [1.807, 2.05) is 0 Å². The maximum absolute atomic E-state index is 3.78. The fourth-order valence-electron chi connectivity index (χ4n) is 3.23. The molecule has 1 aliphatic rings. The highest BCUT2D eigenvalue weighted by atomic mass is 79.9. The molecule has 1 fully saturated rings. The van der Waals surface area contributed by atoms with Gasteiger partial charge >= 0.3 is 0 Å². The van der Waals surface area contributed by atoms with Crippen molar-refractivity contribution < 1.29 is 0 Å². The van der Waals surface area contributed by atoms with E-state index in [1.54, 1.807) is 0 Å². The molecule has 0 atom stereocenters. The number of benzene rings is 2. The van der Waals surface area contributed by atoms with E-state index in [9.17, 15) is 0 Å². The summed E-state index contributed by atoms with van der Waals surface area (Å²) in [6, 6.07) is 18.0. The molecule has 0 radical (unpaired) electrons. The Balaban J connectivity index is 1.55. The first kappa shape index (κ1) is 18.4. The molecular weight excluding hydrogens is 374 g/mol. The summed E-state index contributed by atoms with van der Waals surface area (Å²) in [5.74, 6) is 0. The molecule has 1 saturated heterocycles. The Kier molecular flexibility index (Phi) is 6.51. The van der Waals surface area contributed by atoms with Gasteiger partial charge in [-0.15, -0.1) is 0 Å². The van der Waals surface area contributed by atoms with E-state index in [2.05, 4.69) is 93.4 Å². The van der Waals surface area contributed by atoms with E-state index in [4.69, 9.17) is 0 Å². The van der Waals surface area contributed by atoms with Crippen molar-refractivity contribution in [2.75, 3.05) is 31.1 Å². The van der Waals surface area contributed by atoms with Gasteiger partial charge in [-0.1, -0.05) is 50.2 Å². The minimum Gasteiger partial charge on any atom is -0.368 e. The lowest BCUT2D eigenvalue weighted by molar-refractivity contribution is 0.250. The Morgan fingerprint density at radius 3 is 2.32 bits per heavy atom. The zero-order valence-corrected chi connectivity index (χ0v) is 16.8. The molecule has 1 heterocycles. The van der Waals surface area contributed by atoms with E-state index >= 15 is 0 Å². The molecule has 134 valence electrons. The Labute approximate surface area is 160 Å². The number of hydrogen-bond acceptors (Lipinski definition) is 3. The minimum atomic E-state index is 0.510.